The third kappa shape index (κ3) is 2.82. The average molecular weight is 371 g/mol. The van der Waals surface area contributed by atoms with Crippen molar-refractivity contribution >= 4 is 45.2 Å². The van der Waals surface area contributed by atoms with E-state index in [2.05, 4.69) is 32.4 Å². The maximum atomic E-state index is 11.4. The lowest BCUT2D eigenvalue weighted by Crippen LogP contribution is -2.44. The third-order valence-corrected chi connectivity index (χ3v) is 6.44. The summed E-state index contributed by atoms with van der Waals surface area (Å²) >= 11 is 6.77. The van der Waals surface area contributed by atoms with Gasteiger partial charge in [0.15, 0.2) is 0 Å². The van der Waals surface area contributed by atoms with Crippen LogP contribution in [-0.2, 0) is 16.8 Å². The monoisotopic (exact) mass is 370 g/mol. The van der Waals surface area contributed by atoms with E-state index in [0.717, 1.165) is 18.5 Å². The summed E-state index contributed by atoms with van der Waals surface area (Å²) in [7, 11) is 0. The maximum absolute atomic E-state index is 11.4. The second kappa shape index (κ2) is 5.95. The van der Waals surface area contributed by atoms with Crippen molar-refractivity contribution in [2.24, 2.45) is 0 Å². The van der Waals surface area contributed by atoms with Crippen LogP contribution in [-0.4, -0.2) is 22.2 Å². The zero-order chi connectivity index (χ0) is 14.0. The molecule has 1 fully saturated rings. The molecule has 0 bridgehead atoms. The first-order valence-corrected chi connectivity index (χ1v) is 9.00. The molecule has 2 aromatic rings. The Morgan fingerprint density at radius 2 is 2.30 bits per heavy atom. The maximum Gasteiger partial charge on any atom is 0.210 e. The van der Waals surface area contributed by atoms with Gasteiger partial charge in [0.25, 0.3) is 0 Å². The summed E-state index contributed by atoms with van der Waals surface area (Å²) in [5.41, 5.74) is 1.28. The largest absolute Gasteiger partial charge is 0.340 e. The van der Waals surface area contributed by atoms with Gasteiger partial charge in [-0.3, -0.25) is 4.79 Å². The Kier molecular flexibility index (Phi) is 4.23. The first-order chi connectivity index (χ1) is 9.72. The lowest BCUT2D eigenvalue weighted by molar-refractivity contribution is -0.120. The number of hydrogen-bond donors (Lipinski definition) is 0. The van der Waals surface area contributed by atoms with Crippen molar-refractivity contribution in [2.75, 3.05) is 6.54 Å². The van der Waals surface area contributed by atoms with Crippen molar-refractivity contribution in [2.45, 2.75) is 31.2 Å². The van der Waals surface area contributed by atoms with Gasteiger partial charge in [-0.1, -0.05) is 6.42 Å². The number of carbonyl (C=O) groups is 1. The summed E-state index contributed by atoms with van der Waals surface area (Å²) in [5, 5.41) is 2.01. The molecule has 1 aliphatic rings. The molecule has 6 heteroatoms. The SMILES string of the molecule is O=CN(Cc1cnsc1)CC1(c2ccc(Br)s2)CCC1. The van der Waals surface area contributed by atoms with Crippen molar-refractivity contribution in [1.29, 1.82) is 0 Å². The Labute approximate surface area is 134 Å². The molecule has 0 N–H and O–H groups in total. The second-order valence-corrected chi connectivity index (χ2v) is 8.40. The fraction of sp³-hybridized carbons (Fsp3) is 0.429. The molecule has 0 saturated heterocycles. The van der Waals surface area contributed by atoms with E-state index in [1.54, 1.807) is 11.3 Å². The van der Waals surface area contributed by atoms with Crippen LogP contribution in [0.15, 0.2) is 27.5 Å². The molecule has 0 radical (unpaired) electrons. The molecule has 3 rings (SSSR count). The lowest BCUT2D eigenvalue weighted by Gasteiger charge is -2.43. The van der Waals surface area contributed by atoms with Crippen LogP contribution in [0, 0.1) is 0 Å². The quantitative estimate of drug-likeness (QED) is 0.718. The van der Waals surface area contributed by atoms with Gasteiger partial charge in [-0.2, -0.15) is 0 Å². The Morgan fingerprint density at radius 3 is 2.80 bits per heavy atom. The molecular weight excluding hydrogens is 356 g/mol. The Bertz CT molecular complexity index is 578. The van der Waals surface area contributed by atoms with Crippen molar-refractivity contribution in [3.63, 3.8) is 0 Å². The molecule has 3 nitrogen and oxygen atoms in total. The van der Waals surface area contributed by atoms with Gasteiger partial charge in [0, 0.05) is 40.5 Å². The van der Waals surface area contributed by atoms with E-state index in [9.17, 15) is 4.79 Å². The Hall–Kier alpha value is -0.720. The van der Waals surface area contributed by atoms with E-state index >= 15 is 0 Å². The van der Waals surface area contributed by atoms with Crippen LogP contribution in [0.1, 0.15) is 29.7 Å². The van der Waals surface area contributed by atoms with E-state index < -0.39 is 0 Å². The number of amides is 1. The number of thiophene rings is 1. The van der Waals surface area contributed by atoms with Crippen molar-refractivity contribution in [3.05, 3.63) is 37.9 Å². The third-order valence-electron chi connectivity index (χ3n) is 3.93. The minimum absolute atomic E-state index is 0.168. The summed E-state index contributed by atoms with van der Waals surface area (Å²) in [4.78, 5) is 14.7. The van der Waals surface area contributed by atoms with Gasteiger partial charge in [0.2, 0.25) is 6.41 Å². The van der Waals surface area contributed by atoms with Crippen LogP contribution in [0.2, 0.25) is 0 Å². The Morgan fingerprint density at radius 1 is 1.45 bits per heavy atom. The number of aromatic nitrogens is 1. The highest BCUT2D eigenvalue weighted by Crippen LogP contribution is 2.47. The summed E-state index contributed by atoms with van der Waals surface area (Å²) in [6.07, 6.45) is 6.41. The molecule has 0 unspecified atom stereocenters. The molecule has 0 spiro atoms. The molecular formula is C14H15BrN2OS2. The highest BCUT2D eigenvalue weighted by Gasteiger charge is 2.41. The highest BCUT2D eigenvalue weighted by molar-refractivity contribution is 9.11. The smallest absolute Gasteiger partial charge is 0.210 e. The normalized spacial score (nSPS) is 16.6. The molecule has 1 saturated carbocycles. The van der Waals surface area contributed by atoms with Gasteiger partial charge in [0.1, 0.15) is 0 Å². The molecule has 0 aliphatic heterocycles. The van der Waals surface area contributed by atoms with Gasteiger partial charge >= 0.3 is 0 Å². The fourth-order valence-corrected chi connectivity index (χ4v) is 4.89. The number of rotatable bonds is 6. The van der Waals surface area contributed by atoms with E-state index in [-0.39, 0.29) is 5.41 Å². The first-order valence-electron chi connectivity index (χ1n) is 6.55. The fourth-order valence-electron chi connectivity index (χ4n) is 2.74. The summed E-state index contributed by atoms with van der Waals surface area (Å²) < 4.78 is 5.26. The predicted octanol–water partition coefficient (Wildman–Crippen LogP) is 4.05. The van der Waals surface area contributed by atoms with Crippen molar-refractivity contribution < 1.29 is 4.79 Å². The van der Waals surface area contributed by atoms with Crippen molar-refractivity contribution in [3.8, 4) is 0 Å². The molecule has 106 valence electrons. The van der Waals surface area contributed by atoms with Gasteiger partial charge in [0.05, 0.1) is 3.79 Å². The molecule has 1 amide bonds. The minimum Gasteiger partial charge on any atom is -0.340 e. The highest BCUT2D eigenvalue weighted by atomic mass is 79.9. The van der Waals surface area contributed by atoms with E-state index in [4.69, 9.17) is 0 Å². The van der Waals surface area contributed by atoms with Crippen LogP contribution in [0.3, 0.4) is 0 Å². The van der Waals surface area contributed by atoms with Gasteiger partial charge < -0.3 is 4.90 Å². The van der Waals surface area contributed by atoms with Crippen LogP contribution >= 0.6 is 38.8 Å². The number of carbonyl (C=O) groups excluding carboxylic acids is 1. The van der Waals surface area contributed by atoms with Gasteiger partial charge in [-0.25, -0.2) is 4.37 Å². The summed E-state index contributed by atoms with van der Waals surface area (Å²) in [5.74, 6) is 0. The second-order valence-electron chi connectivity index (χ2n) is 5.28. The van der Waals surface area contributed by atoms with Gasteiger partial charge in [-0.15, -0.1) is 11.3 Å². The summed E-state index contributed by atoms with van der Waals surface area (Å²) in [6, 6.07) is 4.30. The van der Waals surface area contributed by atoms with Crippen LogP contribution < -0.4 is 0 Å². The van der Waals surface area contributed by atoms with E-state index in [0.29, 0.717) is 6.54 Å². The number of nitrogens with zero attached hydrogens (tertiary/aromatic N) is 2. The topological polar surface area (TPSA) is 33.2 Å². The molecule has 2 aromatic heterocycles. The molecule has 0 atom stereocenters. The molecule has 1 aliphatic carbocycles. The molecule has 2 heterocycles. The van der Waals surface area contributed by atoms with Crippen LogP contribution in [0.4, 0.5) is 0 Å². The lowest BCUT2D eigenvalue weighted by atomic mass is 9.67. The Balaban J connectivity index is 1.74. The average Bonchev–Trinajstić information content (AvgIpc) is 3.04. The first kappa shape index (κ1) is 14.2. The molecule has 20 heavy (non-hydrogen) atoms. The van der Waals surface area contributed by atoms with E-state index in [1.165, 1.54) is 39.5 Å². The predicted molar refractivity (Wildman–Crippen MR) is 86.1 cm³/mol. The van der Waals surface area contributed by atoms with E-state index in [1.807, 2.05) is 16.5 Å². The summed E-state index contributed by atoms with van der Waals surface area (Å²) in [6.45, 7) is 1.47. The van der Waals surface area contributed by atoms with Crippen LogP contribution in [0.25, 0.3) is 0 Å². The minimum atomic E-state index is 0.168. The molecule has 0 aromatic carbocycles. The standard InChI is InChI=1S/C14H15BrN2OS2/c15-13-3-2-12(20-13)14(4-1-5-14)9-17(10-18)7-11-6-16-19-8-11/h2-3,6,8,10H,1,4-5,7,9H2. The van der Waals surface area contributed by atoms with Gasteiger partial charge in [-0.05, 0) is 52.4 Å². The number of halogens is 1. The zero-order valence-corrected chi connectivity index (χ0v) is 14.1. The van der Waals surface area contributed by atoms with Crippen LogP contribution in [0.5, 0.6) is 0 Å². The van der Waals surface area contributed by atoms with Crippen molar-refractivity contribution in [1.82, 2.24) is 9.27 Å². The number of hydrogen-bond acceptors (Lipinski definition) is 4. The zero-order valence-electron chi connectivity index (χ0n) is 10.9.